The van der Waals surface area contributed by atoms with Crippen molar-refractivity contribution in [3.8, 4) is 6.07 Å². The zero-order valence-electron chi connectivity index (χ0n) is 18.4. The molecule has 2 fully saturated rings. The van der Waals surface area contributed by atoms with E-state index < -0.39 is 0 Å². The minimum absolute atomic E-state index is 0.316. The van der Waals surface area contributed by atoms with E-state index in [1.807, 2.05) is 6.07 Å². The summed E-state index contributed by atoms with van der Waals surface area (Å²) in [4.78, 5) is 2.51. The molecule has 0 saturated carbocycles. The molecule has 1 aromatic carbocycles. The summed E-state index contributed by atoms with van der Waals surface area (Å²) >= 11 is 0. The van der Waals surface area contributed by atoms with Gasteiger partial charge in [-0.05, 0) is 24.1 Å². The van der Waals surface area contributed by atoms with Crippen LogP contribution in [0.1, 0.15) is 69.4 Å². The van der Waals surface area contributed by atoms with E-state index in [1.165, 1.54) is 55.0 Å². The van der Waals surface area contributed by atoms with Crippen LogP contribution in [0.5, 0.6) is 0 Å². The lowest BCUT2D eigenvalue weighted by Crippen LogP contribution is -2.44. The monoisotopic (exact) mass is 409 g/mol. The molecule has 162 valence electrons. The Labute approximate surface area is 180 Å². The molecule has 3 heterocycles. The predicted octanol–water partition coefficient (Wildman–Crippen LogP) is 5.21. The summed E-state index contributed by atoms with van der Waals surface area (Å²) in [5.74, 6) is -0.316. The highest BCUT2D eigenvalue weighted by Crippen LogP contribution is 2.33. The van der Waals surface area contributed by atoms with Crippen molar-refractivity contribution in [3.63, 3.8) is 0 Å². The van der Waals surface area contributed by atoms with Crippen LogP contribution in [0.3, 0.4) is 0 Å². The Morgan fingerprint density at radius 2 is 1.77 bits per heavy atom. The summed E-state index contributed by atoms with van der Waals surface area (Å²) in [6.45, 7) is 7.70. The van der Waals surface area contributed by atoms with Crippen molar-refractivity contribution in [2.24, 2.45) is 0 Å². The average molecular weight is 410 g/mol. The fourth-order valence-corrected chi connectivity index (χ4v) is 4.89. The third-order valence-electron chi connectivity index (χ3n) is 6.67. The SMILES string of the molecule is CCCCCCCCn1cc(CN2CCC3(CC2)OCCO3)c2ccc(C#N)cc21. The number of unbranched alkanes of at least 4 members (excludes halogenated alkanes) is 5. The highest BCUT2D eigenvalue weighted by atomic mass is 16.7. The van der Waals surface area contributed by atoms with Crippen LogP contribution in [0.15, 0.2) is 24.4 Å². The molecule has 5 heteroatoms. The molecule has 2 aliphatic rings. The third-order valence-corrected chi connectivity index (χ3v) is 6.67. The molecule has 0 radical (unpaired) electrons. The fourth-order valence-electron chi connectivity index (χ4n) is 4.89. The number of likely N-dealkylation sites (tertiary alicyclic amines) is 1. The molecular formula is C25H35N3O2. The smallest absolute Gasteiger partial charge is 0.170 e. The summed E-state index contributed by atoms with van der Waals surface area (Å²) in [5, 5.41) is 10.6. The maximum Gasteiger partial charge on any atom is 0.170 e. The lowest BCUT2D eigenvalue weighted by atomic mass is 10.0. The topological polar surface area (TPSA) is 50.4 Å². The number of aryl methyl sites for hydroxylation is 1. The van der Waals surface area contributed by atoms with Gasteiger partial charge in [-0.3, -0.25) is 4.90 Å². The number of benzene rings is 1. The molecule has 2 saturated heterocycles. The third kappa shape index (κ3) is 4.88. The van der Waals surface area contributed by atoms with Crippen molar-refractivity contribution >= 4 is 10.9 Å². The van der Waals surface area contributed by atoms with E-state index in [-0.39, 0.29) is 5.79 Å². The maximum atomic E-state index is 9.36. The standard InChI is InChI=1S/C25H35N3O2/c1-2-3-4-5-6-7-12-28-20-22(23-9-8-21(18-26)17-24(23)28)19-27-13-10-25(11-14-27)29-15-16-30-25/h8-9,17,20H,2-7,10-16,19H2,1H3. The van der Waals surface area contributed by atoms with Crippen molar-refractivity contribution in [1.29, 1.82) is 5.26 Å². The van der Waals surface area contributed by atoms with E-state index >= 15 is 0 Å². The molecular weight excluding hydrogens is 374 g/mol. The first-order valence-corrected chi connectivity index (χ1v) is 11.8. The van der Waals surface area contributed by atoms with Gasteiger partial charge < -0.3 is 14.0 Å². The van der Waals surface area contributed by atoms with Crippen molar-refractivity contribution in [3.05, 3.63) is 35.5 Å². The molecule has 30 heavy (non-hydrogen) atoms. The molecule has 0 unspecified atom stereocenters. The molecule has 0 aliphatic carbocycles. The van der Waals surface area contributed by atoms with Crippen LogP contribution in [-0.2, 0) is 22.6 Å². The van der Waals surface area contributed by atoms with Crippen molar-refractivity contribution in [2.45, 2.75) is 77.2 Å². The predicted molar refractivity (Wildman–Crippen MR) is 119 cm³/mol. The van der Waals surface area contributed by atoms with Gasteiger partial charge in [0.05, 0.1) is 24.8 Å². The Hall–Kier alpha value is -1.87. The lowest BCUT2D eigenvalue weighted by Gasteiger charge is -2.37. The van der Waals surface area contributed by atoms with Crippen molar-refractivity contribution in [1.82, 2.24) is 9.47 Å². The van der Waals surface area contributed by atoms with E-state index in [4.69, 9.17) is 9.47 Å². The maximum absolute atomic E-state index is 9.36. The van der Waals surface area contributed by atoms with Gasteiger partial charge in [0.15, 0.2) is 5.79 Å². The van der Waals surface area contributed by atoms with E-state index in [9.17, 15) is 5.26 Å². The second-order valence-electron chi connectivity index (χ2n) is 8.84. The Bertz CT molecular complexity index is 866. The normalized spacial score (nSPS) is 18.9. The van der Waals surface area contributed by atoms with Gasteiger partial charge in [0.25, 0.3) is 0 Å². The first kappa shape index (κ1) is 21.4. The Morgan fingerprint density at radius 3 is 2.50 bits per heavy atom. The fraction of sp³-hybridized carbons (Fsp3) is 0.640. The Balaban J connectivity index is 1.43. The van der Waals surface area contributed by atoms with E-state index in [2.05, 4.69) is 40.8 Å². The average Bonchev–Trinajstić information content (AvgIpc) is 3.37. The van der Waals surface area contributed by atoms with Crippen LogP contribution >= 0.6 is 0 Å². The Morgan fingerprint density at radius 1 is 1.03 bits per heavy atom. The molecule has 1 aromatic heterocycles. The van der Waals surface area contributed by atoms with Crippen LogP contribution in [0.25, 0.3) is 10.9 Å². The second kappa shape index (κ2) is 9.96. The summed E-state index contributed by atoms with van der Waals surface area (Å²) < 4.78 is 14.1. The van der Waals surface area contributed by atoms with Gasteiger partial charge in [-0.25, -0.2) is 0 Å². The number of hydrogen-bond acceptors (Lipinski definition) is 4. The van der Waals surface area contributed by atoms with E-state index in [0.717, 1.165) is 57.8 Å². The second-order valence-corrected chi connectivity index (χ2v) is 8.84. The van der Waals surface area contributed by atoms with Gasteiger partial charge in [-0.2, -0.15) is 5.26 Å². The number of rotatable bonds is 9. The summed E-state index contributed by atoms with van der Waals surface area (Å²) in [7, 11) is 0. The number of hydrogen-bond donors (Lipinski definition) is 0. The lowest BCUT2D eigenvalue weighted by molar-refractivity contribution is -0.185. The van der Waals surface area contributed by atoms with E-state index in [1.54, 1.807) is 0 Å². The van der Waals surface area contributed by atoms with Crippen LogP contribution in [0, 0.1) is 11.3 Å². The number of fused-ring (bicyclic) bond motifs is 1. The van der Waals surface area contributed by atoms with Gasteiger partial charge in [-0.1, -0.05) is 45.1 Å². The van der Waals surface area contributed by atoms with Gasteiger partial charge in [0.1, 0.15) is 0 Å². The largest absolute Gasteiger partial charge is 0.347 e. The van der Waals surface area contributed by atoms with Crippen LogP contribution < -0.4 is 0 Å². The molecule has 4 rings (SSSR count). The number of ether oxygens (including phenoxy) is 2. The highest BCUT2D eigenvalue weighted by molar-refractivity contribution is 5.85. The van der Waals surface area contributed by atoms with Crippen LogP contribution in [0.4, 0.5) is 0 Å². The Kier molecular flexibility index (Phi) is 7.09. The molecule has 5 nitrogen and oxygen atoms in total. The summed E-state index contributed by atoms with van der Waals surface area (Å²) in [6.07, 6.45) is 12.0. The van der Waals surface area contributed by atoms with Gasteiger partial charge >= 0.3 is 0 Å². The quantitative estimate of drug-likeness (QED) is 0.533. The minimum atomic E-state index is -0.316. The number of nitriles is 1. The number of nitrogens with zero attached hydrogens (tertiary/aromatic N) is 3. The van der Waals surface area contributed by atoms with Gasteiger partial charge in [-0.15, -0.1) is 0 Å². The molecule has 0 bridgehead atoms. The van der Waals surface area contributed by atoms with Gasteiger partial charge in [0.2, 0.25) is 0 Å². The first-order valence-electron chi connectivity index (χ1n) is 11.8. The zero-order chi connectivity index (χ0) is 20.8. The minimum Gasteiger partial charge on any atom is -0.347 e. The highest BCUT2D eigenvalue weighted by Gasteiger charge is 2.39. The van der Waals surface area contributed by atoms with E-state index in [0.29, 0.717) is 0 Å². The van der Waals surface area contributed by atoms with Crippen LogP contribution in [-0.4, -0.2) is 41.6 Å². The van der Waals surface area contributed by atoms with Crippen molar-refractivity contribution < 1.29 is 9.47 Å². The summed E-state index contributed by atoms with van der Waals surface area (Å²) in [6, 6.07) is 8.45. The zero-order valence-corrected chi connectivity index (χ0v) is 18.4. The molecule has 0 atom stereocenters. The summed E-state index contributed by atoms with van der Waals surface area (Å²) in [5.41, 5.74) is 3.31. The molecule has 0 N–H and O–H groups in total. The molecule has 2 aliphatic heterocycles. The number of aromatic nitrogens is 1. The number of piperidine rings is 1. The molecule has 2 aromatic rings. The van der Waals surface area contributed by atoms with Gasteiger partial charge in [0, 0.05) is 56.1 Å². The van der Waals surface area contributed by atoms with Crippen LogP contribution in [0.2, 0.25) is 0 Å². The molecule has 0 amide bonds. The van der Waals surface area contributed by atoms with Crippen molar-refractivity contribution in [2.75, 3.05) is 26.3 Å². The first-order chi connectivity index (χ1) is 14.7. The molecule has 1 spiro atoms.